The summed E-state index contributed by atoms with van der Waals surface area (Å²) in [6.07, 6.45) is 8.19. The monoisotopic (exact) mass is 362 g/mol. The molecule has 6 heteroatoms. The zero-order valence-electron chi connectivity index (χ0n) is 17.5. The second-order valence-electron chi connectivity index (χ2n) is 8.04. The third-order valence-corrected chi connectivity index (χ3v) is 5.54. The molecule has 2 rings (SSSR count). The fourth-order valence-electron chi connectivity index (χ4n) is 4.00. The molecule has 0 amide bonds. The number of hydrogen-bond donors (Lipinski definition) is 1. The van der Waals surface area contributed by atoms with Crippen molar-refractivity contribution in [2.75, 3.05) is 33.2 Å². The van der Waals surface area contributed by atoms with E-state index in [0.29, 0.717) is 24.0 Å². The largest absolute Gasteiger partial charge is 0.356 e. The topological polar surface area (TPSA) is 48.7 Å². The Morgan fingerprint density at radius 3 is 2.62 bits per heavy atom. The summed E-state index contributed by atoms with van der Waals surface area (Å²) >= 11 is 0. The number of imidazole rings is 1. The SMILES string of the molecule is CN=C(NCCCN(C(C)C)C(C)C)N1CCC(C)C(n2ccnc2)C1. The molecule has 2 atom stereocenters. The summed E-state index contributed by atoms with van der Waals surface area (Å²) in [7, 11) is 1.89. The van der Waals surface area contributed by atoms with Crippen molar-refractivity contribution in [3.63, 3.8) is 0 Å². The summed E-state index contributed by atoms with van der Waals surface area (Å²) in [5.41, 5.74) is 0. The van der Waals surface area contributed by atoms with E-state index in [-0.39, 0.29) is 0 Å². The highest BCUT2D eigenvalue weighted by molar-refractivity contribution is 5.80. The summed E-state index contributed by atoms with van der Waals surface area (Å²) in [5.74, 6) is 1.69. The molecule has 148 valence electrons. The molecule has 0 radical (unpaired) electrons. The van der Waals surface area contributed by atoms with E-state index in [4.69, 9.17) is 0 Å². The zero-order valence-corrected chi connectivity index (χ0v) is 17.5. The number of guanidine groups is 1. The van der Waals surface area contributed by atoms with Gasteiger partial charge in [-0.2, -0.15) is 0 Å². The van der Waals surface area contributed by atoms with E-state index in [9.17, 15) is 0 Å². The van der Waals surface area contributed by atoms with Crippen molar-refractivity contribution < 1.29 is 0 Å². The van der Waals surface area contributed by atoms with Gasteiger partial charge in [-0.05, 0) is 46.5 Å². The van der Waals surface area contributed by atoms with Crippen molar-refractivity contribution in [1.82, 2.24) is 24.7 Å². The predicted molar refractivity (Wildman–Crippen MR) is 110 cm³/mol. The average molecular weight is 363 g/mol. The summed E-state index contributed by atoms with van der Waals surface area (Å²) in [6.45, 7) is 15.6. The number of nitrogens with one attached hydrogen (secondary N) is 1. The first kappa shape index (κ1) is 20.7. The van der Waals surface area contributed by atoms with Gasteiger partial charge in [-0.25, -0.2) is 4.98 Å². The van der Waals surface area contributed by atoms with Crippen LogP contribution >= 0.6 is 0 Å². The molecule has 26 heavy (non-hydrogen) atoms. The highest BCUT2D eigenvalue weighted by atomic mass is 15.3. The van der Waals surface area contributed by atoms with Gasteiger partial charge in [0, 0.05) is 57.7 Å². The van der Waals surface area contributed by atoms with Gasteiger partial charge in [-0.15, -0.1) is 0 Å². The van der Waals surface area contributed by atoms with Crippen molar-refractivity contribution >= 4 is 5.96 Å². The van der Waals surface area contributed by atoms with Crippen LogP contribution in [-0.4, -0.2) is 70.6 Å². The Kier molecular flexibility index (Phi) is 7.94. The number of nitrogens with zero attached hydrogens (tertiary/aromatic N) is 5. The van der Waals surface area contributed by atoms with E-state index in [1.165, 1.54) is 6.42 Å². The van der Waals surface area contributed by atoms with Crippen LogP contribution in [0.3, 0.4) is 0 Å². The maximum Gasteiger partial charge on any atom is 0.193 e. The maximum absolute atomic E-state index is 4.53. The van der Waals surface area contributed by atoms with Gasteiger partial charge in [0.15, 0.2) is 5.96 Å². The Hall–Kier alpha value is -1.56. The van der Waals surface area contributed by atoms with Crippen LogP contribution in [0.2, 0.25) is 0 Å². The minimum absolute atomic E-state index is 0.460. The number of hydrogen-bond acceptors (Lipinski definition) is 3. The smallest absolute Gasteiger partial charge is 0.193 e. The van der Waals surface area contributed by atoms with E-state index in [0.717, 1.165) is 38.6 Å². The van der Waals surface area contributed by atoms with Gasteiger partial charge in [0.25, 0.3) is 0 Å². The number of likely N-dealkylation sites (tertiary alicyclic amines) is 1. The molecule has 0 aromatic carbocycles. The molecule has 0 bridgehead atoms. The minimum atomic E-state index is 0.460. The van der Waals surface area contributed by atoms with Crippen LogP contribution < -0.4 is 5.32 Å². The second-order valence-corrected chi connectivity index (χ2v) is 8.04. The van der Waals surface area contributed by atoms with Crippen molar-refractivity contribution in [3.8, 4) is 0 Å². The molecule has 0 aliphatic carbocycles. The summed E-state index contributed by atoms with van der Waals surface area (Å²) in [6, 6.07) is 1.64. The Morgan fingerprint density at radius 1 is 1.31 bits per heavy atom. The van der Waals surface area contributed by atoms with Gasteiger partial charge < -0.3 is 14.8 Å². The number of aromatic nitrogens is 2. The Labute approximate surface area is 159 Å². The molecular weight excluding hydrogens is 324 g/mol. The molecular formula is C20H38N6. The van der Waals surface area contributed by atoms with Gasteiger partial charge >= 0.3 is 0 Å². The Bertz CT molecular complexity index is 529. The van der Waals surface area contributed by atoms with Crippen LogP contribution in [0, 0.1) is 5.92 Å². The van der Waals surface area contributed by atoms with E-state index < -0.39 is 0 Å². The minimum Gasteiger partial charge on any atom is -0.356 e. The quantitative estimate of drug-likeness (QED) is 0.460. The van der Waals surface area contributed by atoms with Crippen molar-refractivity contribution in [2.24, 2.45) is 10.9 Å². The molecule has 2 heterocycles. The van der Waals surface area contributed by atoms with Crippen molar-refractivity contribution in [3.05, 3.63) is 18.7 Å². The number of piperidine rings is 1. The third-order valence-electron chi connectivity index (χ3n) is 5.54. The average Bonchev–Trinajstić information content (AvgIpc) is 3.12. The summed E-state index contributed by atoms with van der Waals surface area (Å²) < 4.78 is 2.24. The third kappa shape index (κ3) is 5.47. The van der Waals surface area contributed by atoms with Crippen LogP contribution in [0.15, 0.2) is 23.7 Å². The lowest BCUT2D eigenvalue weighted by molar-refractivity contribution is 0.172. The molecule has 0 saturated carbocycles. The fraction of sp³-hybridized carbons (Fsp3) is 0.800. The first-order valence-electron chi connectivity index (χ1n) is 10.1. The molecule has 2 unspecified atom stereocenters. The standard InChI is InChI=1S/C20H38N6/c1-16(2)26(17(3)4)11-7-9-23-20(21-6)24-12-8-18(5)19(14-24)25-13-10-22-15-25/h10,13,15-19H,7-9,11-12,14H2,1-6H3,(H,21,23). The number of aliphatic imine (C=N–C) groups is 1. The van der Waals surface area contributed by atoms with Crippen molar-refractivity contribution in [1.29, 1.82) is 0 Å². The van der Waals surface area contributed by atoms with E-state index in [1.807, 2.05) is 19.6 Å². The van der Waals surface area contributed by atoms with Gasteiger partial charge in [-0.1, -0.05) is 6.92 Å². The normalized spacial score (nSPS) is 21.9. The van der Waals surface area contributed by atoms with E-state index in [2.05, 4.69) is 70.5 Å². The number of rotatable bonds is 7. The lowest BCUT2D eigenvalue weighted by atomic mass is 9.93. The van der Waals surface area contributed by atoms with Crippen LogP contribution in [0.25, 0.3) is 0 Å². The first-order valence-corrected chi connectivity index (χ1v) is 10.1. The van der Waals surface area contributed by atoms with E-state index >= 15 is 0 Å². The van der Waals surface area contributed by atoms with E-state index in [1.54, 1.807) is 0 Å². The van der Waals surface area contributed by atoms with Gasteiger partial charge in [0.1, 0.15) is 0 Å². The predicted octanol–water partition coefficient (Wildman–Crippen LogP) is 2.85. The summed E-state index contributed by atoms with van der Waals surface area (Å²) in [5, 5.41) is 3.58. The Balaban J connectivity index is 1.84. The van der Waals surface area contributed by atoms with Gasteiger partial charge in [0.05, 0.1) is 12.4 Å². The zero-order chi connectivity index (χ0) is 19.1. The Morgan fingerprint density at radius 2 is 2.04 bits per heavy atom. The fourth-order valence-corrected chi connectivity index (χ4v) is 4.00. The summed E-state index contributed by atoms with van der Waals surface area (Å²) in [4.78, 5) is 13.7. The van der Waals surface area contributed by atoms with Gasteiger partial charge in [-0.3, -0.25) is 9.89 Å². The maximum atomic E-state index is 4.53. The molecule has 1 aliphatic rings. The lowest BCUT2D eigenvalue weighted by Gasteiger charge is -2.39. The van der Waals surface area contributed by atoms with Crippen molar-refractivity contribution in [2.45, 2.75) is 65.6 Å². The van der Waals surface area contributed by atoms with Crippen LogP contribution in [0.1, 0.15) is 53.5 Å². The first-order chi connectivity index (χ1) is 12.4. The molecule has 1 N–H and O–H groups in total. The molecule has 1 fully saturated rings. The molecule has 1 aliphatic heterocycles. The van der Waals surface area contributed by atoms with Crippen LogP contribution in [-0.2, 0) is 0 Å². The molecule has 1 saturated heterocycles. The van der Waals surface area contributed by atoms with Gasteiger partial charge in [0.2, 0.25) is 0 Å². The van der Waals surface area contributed by atoms with Crippen LogP contribution in [0.4, 0.5) is 0 Å². The van der Waals surface area contributed by atoms with Crippen LogP contribution in [0.5, 0.6) is 0 Å². The molecule has 6 nitrogen and oxygen atoms in total. The highest BCUT2D eigenvalue weighted by Crippen LogP contribution is 2.27. The highest BCUT2D eigenvalue weighted by Gasteiger charge is 2.28. The molecule has 1 aromatic heterocycles. The molecule has 0 spiro atoms. The second kappa shape index (κ2) is 9.95. The molecule has 1 aromatic rings. The lowest BCUT2D eigenvalue weighted by Crippen LogP contribution is -2.49.